The van der Waals surface area contributed by atoms with Gasteiger partial charge in [0.05, 0.1) is 11.7 Å². The summed E-state index contributed by atoms with van der Waals surface area (Å²) in [7, 11) is 0. The highest BCUT2D eigenvalue weighted by Crippen LogP contribution is 2.57. The maximum atomic E-state index is 4.97. The number of alkyl halides is 1. The number of aromatic nitrogens is 2. The van der Waals surface area contributed by atoms with Gasteiger partial charge in [-0.25, -0.2) is 0 Å². The lowest BCUT2D eigenvalue weighted by atomic mass is 9.72. The third-order valence-corrected chi connectivity index (χ3v) is 7.63. The van der Waals surface area contributed by atoms with Crippen molar-refractivity contribution in [1.82, 2.24) is 9.78 Å². The zero-order valence-electron chi connectivity index (χ0n) is 12.9. The predicted octanol–water partition coefficient (Wildman–Crippen LogP) is 5.13. The number of hydrogen-bond donors (Lipinski definition) is 0. The predicted molar refractivity (Wildman–Crippen MR) is 89.7 cm³/mol. The number of rotatable bonds is 4. The van der Waals surface area contributed by atoms with Crippen LogP contribution in [0.5, 0.6) is 0 Å². The van der Waals surface area contributed by atoms with Crippen LogP contribution in [0.1, 0.15) is 69.5 Å². The molecule has 0 amide bonds. The van der Waals surface area contributed by atoms with E-state index < -0.39 is 0 Å². The molecule has 2 bridgehead atoms. The fraction of sp³-hybridized carbons (Fsp3) is 0.833. The van der Waals surface area contributed by atoms with E-state index in [-0.39, 0.29) is 0 Å². The first-order valence-electron chi connectivity index (χ1n) is 8.89. The highest BCUT2D eigenvalue weighted by atomic mass is 79.9. The fourth-order valence-electron chi connectivity index (χ4n) is 5.37. The lowest BCUT2D eigenvalue weighted by Gasteiger charge is -2.35. The van der Waals surface area contributed by atoms with Crippen molar-refractivity contribution in [2.45, 2.75) is 70.3 Å². The van der Waals surface area contributed by atoms with Crippen LogP contribution in [0.25, 0.3) is 0 Å². The zero-order valence-corrected chi connectivity index (χ0v) is 14.5. The first-order valence-corrected chi connectivity index (χ1v) is 10.0. The SMILES string of the molecule is BrCC1(Cc2ccn(C3CCCCC3)n2)CC2CCC1C2. The minimum Gasteiger partial charge on any atom is -0.269 e. The fourth-order valence-corrected chi connectivity index (χ4v) is 6.25. The van der Waals surface area contributed by atoms with Gasteiger partial charge in [0.15, 0.2) is 0 Å². The lowest BCUT2D eigenvalue weighted by Crippen LogP contribution is -2.32. The molecule has 0 saturated heterocycles. The highest BCUT2D eigenvalue weighted by Gasteiger charge is 2.50. The Hall–Kier alpha value is -0.310. The van der Waals surface area contributed by atoms with Gasteiger partial charge in [-0.1, -0.05) is 41.6 Å². The summed E-state index contributed by atoms with van der Waals surface area (Å²) in [6.45, 7) is 0. The monoisotopic (exact) mass is 350 g/mol. The van der Waals surface area contributed by atoms with Crippen molar-refractivity contribution in [1.29, 1.82) is 0 Å². The van der Waals surface area contributed by atoms with Gasteiger partial charge in [0.1, 0.15) is 0 Å². The van der Waals surface area contributed by atoms with E-state index in [9.17, 15) is 0 Å². The van der Waals surface area contributed by atoms with Crippen LogP contribution in [0, 0.1) is 17.3 Å². The quantitative estimate of drug-likeness (QED) is 0.688. The van der Waals surface area contributed by atoms with Gasteiger partial charge in [0, 0.05) is 11.5 Å². The molecular formula is C18H27BrN2. The summed E-state index contributed by atoms with van der Waals surface area (Å²) in [4.78, 5) is 0. The van der Waals surface area contributed by atoms with Crippen molar-refractivity contribution in [2.24, 2.45) is 17.3 Å². The van der Waals surface area contributed by atoms with Crippen molar-refractivity contribution in [3.05, 3.63) is 18.0 Å². The van der Waals surface area contributed by atoms with E-state index in [1.165, 1.54) is 69.9 Å². The Labute approximate surface area is 136 Å². The van der Waals surface area contributed by atoms with E-state index in [0.717, 1.165) is 17.2 Å². The average Bonchev–Trinajstić information content (AvgIpc) is 3.24. The Morgan fingerprint density at radius 1 is 1.19 bits per heavy atom. The van der Waals surface area contributed by atoms with Crippen molar-refractivity contribution < 1.29 is 0 Å². The molecule has 116 valence electrons. The van der Waals surface area contributed by atoms with Crippen LogP contribution in [0.2, 0.25) is 0 Å². The molecule has 3 saturated carbocycles. The van der Waals surface area contributed by atoms with Gasteiger partial charge in [-0.15, -0.1) is 0 Å². The molecule has 0 N–H and O–H groups in total. The van der Waals surface area contributed by atoms with Crippen LogP contribution in [-0.4, -0.2) is 15.1 Å². The van der Waals surface area contributed by atoms with Crippen molar-refractivity contribution in [2.75, 3.05) is 5.33 Å². The van der Waals surface area contributed by atoms with Crippen molar-refractivity contribution in [3.63, 3.8) is 0 Å². The molecule has 3 aliphatic rings. The summed E-state index contributed by atoms with van der Waals surface area (Å²) < 4.78 is 2.28. The molecule has 0 radical (unpaired) electrons. The molecule has 3 atom stereocenters. The van der Waals surface area contributed by atoms with Crippen LogP contribution < -0.4 is 0 Å². The standard InChI is InChI=1S/C18H27BrN2/c19-13-18(11-14-6-7-15(18)10-14)12-16-8-9-21(20-16)17-4-2-1-3-5-17/h8-9,14-15,17H,1-7,10-13H2. The minimum absolute atomic E-state index is 0.509. The summed E-state index contributed by atoms with van der Waals surface area (Å²) in [6, 6.07) is 2.97. The summed E-state index contributed by atoms with van der Waals surface area (Å²) in [5, 5.41) is 6.13. The van der Waals surface area contributed by atoms with Crippen LogP contribution >= 0.6 is 15.9 Å². The Morgan fingerprint density at radius 3 is 2.71 bits per heavy atom. The molecule has 4 rings (SSSR count). The number of halogens is 1. The third kappa shape index (κ3) is 2.60. The molecule has 0 aliphatic heterocycles. The molecule has 1 heterocycles. The van der Waals surface area contributed by atoms with Gasteiger partial charge in [-0.2, -0.15) is 5.10 Å². The second-order valence-electron chi connectivity index (χ2n) is 7.83. The molecule has 1 aromatic rings. The second-order valence-corrected chi connectivity index (χ2v) is 8.39. The van der Waals surface area contributed by atoms with Gasteiger partial charge < -0.3 is 0 Å². The van der Waals surface area contributed by atoms with E-state index in [1.807, 2.05) is 0 Å². The molecule has 3 heteroatoms. The zero-order chi connectivity index (χ0) is 14.3. The highest BCUT2D eigenvalue weighted by molar-refractivity contribution is 9.09. The van der Waals surface area contributed by atoms with Gasteiger partial charge >= 0.3 is 0 Å². The van der Waals surface area contributed by atoms with Gasteiger partial charge in [-0.3, -0.25) is 4.68 Å². The van der Waals surface area contributed by atoms with E-state index in [1.54, 1.807) is 0 Å². The molecular weight excluding hydrogens is 324 g/mol. The third-order valence-electron chi connectivity index (χ3n) is 6.51. The number of fused-ring (bicyclic) bond motifs is 2. The maximum absolute atomic E-state index is 4.97. The Kier molecular flexibility index (Phi) is 3.89. The second kappa shape index (κ2) is 5.72. The van der Waals surface area contributed by atoms with Crippen LogP contribution in [-0.2, 0) is 6.42 Å². The molecule has 1 aromatic heterocycles. The van der Waals surface area contributed by atoms with Gasteiger partial charge in [-0.05, 0) is 61.8 Å². The summed E-state index contributed by atoms with van der Waals surface area (Å²) in [5.74, 6) is 1.95. The van der Waals surface area contributed by atoms with Crippen molar-refractivity contribution >= 4 is 15.9 Å². The average molecular weight is 351 g/mol. The summed E-state index contributed by atoms with van der Waals surface area (Å²) >= 11 is 3.84. The first-order chi connectivity index (χ1) is 10.3. The summed E-state index contributed by atoms with van der Waals surface area (Å²) in [5.41, 5.74) is 1.85. The minimum atomic E-state index is 0.509. The molecule has 21 heavy (non-hydrogen) atoms. The molecule has 2 nitrogen and oxygen atoms in total. The number of nitrogens with zero attached hydrogens (tertiary/aromatic N) is 2. The first kappa shape index (κ1) is 14.3. The van der Waals surface area contributed by atoms with Crippen LogP contribution in [0.4, 0.5) is 0 Å². The Balaban J connectivity index is 1.48. The van der Waals surface area contributed by atoms with Gasteiger partial charge in [0.25, 0.3) is 0 Å². The number of hydrogen-bond acceptors (Lipinski definition) is 1. The van der Waals surface area contributed by atoms with Crippen LogP contribution in [0.3, 0.4) is 0 Å². The van der Waals surface area contributed by atoms with Crippen LogP contribution in [0.15, 0.2) is 12.3 Å². The largest absolute Gasteiger partial charge is 0.269 e. The van der Waals surface area contributed by atoms with Gasteiger partial charge in [0.2, 0.25) is 0 Å². The Morgan fingerprint density at radius 2 is 2.05 bits per heavy atom. The lowest BCUT2D eigenvalue weighted by molar-refractivity contribution is 0.194. The van der Waals surface area contributed by atoms with E-state index >= 15 is 0 Å². The molecule has 3 fully saturated rings. The van der Waals surface area contributed by atoms with E-state index in [2.05, 4.69) is 32.9 Å². The van der Waals surface area contributed by atoms with Crippen molar-refractivity contribution in [3.8, 4) is 0 Å². The molecule has 3 unspecified atom stereocenters. The molecule has 3 aliphatic carbocycles. The molecule has 0 spiro atoms. The summed E-state index contributed by atoms with van der Waals surface area (Å²) in [6.07, 6.45) is 16.1. The smallest absolute Gasteiger partial charge is 0.0630 e. The normalized spacial score (nSPS) is 36.4. The Bertz CT molecular complexity index is 491. The van der Waals surface area contributed by atoms with E-state index in [4.69, 9.17) is 5.10 Å². The van der Waals surface area contributed by atoms with E-state index in [0.29, 0.717) is 11.5 Å². The topological polar surface area (TPSA) is 17.8 Å². The molecule has 0 aromatic carbocycles. The maximum Gasteiger partial charge on any atom is 0.0630 e.